The summed E-state index contributed by atoms with van der Waals surface area (Å²) in [7, 11) is 0. The van der Waals surface area contributed by atoms with Crippen molar-refractivity contribution in [3.05, 3.63) is 53.1 Å². The summed E-state index contributed by atoms with van der Waals surface area (Å²) in [6, 6.07) is 12.8. The minimum atomic E-state index is 0.115. The van der Waals surface area contributed by atoms with Crippen molar-refractivity contribution in [1.29, 1.82) is 0 Å². The van der Waals surface area contributed by atoms with Crippen molar-refractivity contribution in [1.82, 2.24) is 4.90 Å². The number of aryl methyl sites for hydroxylation is 3. The lowest BCUT2D eigenvalue weighted by molar-refractivity contribution is -0.139. The van der Waals surface area contributed by atoms with E-state index in [-0.39, 0.29) is 12.0 Å². The van der Waals surface area contributed by atoms with Gasteiger partial charge in [-0.25, -0.2) is 0 Å². The number of nitrogens with zero attached hydrogens (tertiary/aromatic N) is 1. The molecule has 0 aromatic heterocycles. The largest absolute Gasteiger partial charge is 0.487 e. The zero-order valence-corrected chi connectivity index (χ0v) is 14.9. The Kier molecular flexibility index (Phi) is 4.61. The summed E-state index contributed by atoms with van der Waals surface area (Å²) in [5.41, 5.74) is 6.23. The predicted octanol–water partition coefficient (Wildman–Crippen LogP) is 4.28. The molecular formula is C21H25NO2. The number of hydrogen-bond donors (Lipinski definition) is 0. The fraction of sp³-hybridized carbons (Fsp3) is 0.381. The molecular weight excluding hydrogens is 298 g/mol. The number of hydrogen-bond acceptors (Lipinski definition) is 2. The highest BCUT2D eigenvalue weighted by Crippen LogP contribution is 2.32. The summed E-state index contributed by atoms with van der Waals surface area (Å²) in [5, 5.41) is 0. The molecule has 3 nitrogen and oxygen atoms in total. The van der Waals surface area contributed by atoms with Gasteiger partial charge in [0, 0.05) is 6.42 Å². The van der Waals surface area contributed by atoms with Gasteiger partial charge >= 0.3 is 0 Å². The van der Waals surface area contributed by atoms with Crippen molar-refractivity contribution in [3.63, 3.8) is 0 Å². The molecule has 1 fully saturated rings. The van der Waals surface area contributed by atoms with E-state index in [1.165, 1.54) is 27.8 Å². The van der Waals surface area contributed by atoms with E-state index >= 15 is 0 Å². The summed E-state index contributed by atoms with van der Waals surface area (Å²) < 4.78 is 6.06. The minimum absolute atomic E-state index is 0.115. The van der Waals surface area contributed by atoms with E-state index in [2.05, 4.69) is 57.2 Å². The first-order chi connectivity index (χ1) is 11.5. The summed E-state index contributed by atoms with van der Waals surface area (Å²) in [5.74, 6) is 1.10. The number of carbonyl (C=O) groups is 1. The zero-order chi connectivity index (χ0) is 17.3. The number of amides is 1. The predicted molar refractivity (Wildman–Crippen MR) is 97.4 cm³/mol. The number of benzene rings is 2. The van der Waals surface area contributed by atoms with Crippen LogP contribution in [0.5, 0.6) is 5.75 Å². The van der Waals surface area contributed by atoms with Crippen LogP contribution in [-0.4, -0.2) is 30.0 Å². The molecule has 0 spiro atoms. The van der Waals surface area contributed by atoms with Crippen molar-refractivity contribution in [2.75, 3.05) is 13.1 Å². The van der Waals surface area contributed by atoms with E-state index in [0.29, 0.717) is 19.5 Å². The van der Waals surface area contributed by atoms with Gasteiger partial charge < -0.3 is 9.64 Å². The van der Waals surface area contributed by atoms with Crippen LogP contribution in [0.15, 0.2) is 36.4 Å². The molecule has 1 aliphatic heterocycles. The molecule has 3 rings (SSSR count). The van der Waals surface area contributed by atoms with Gasteiger partial charge in [-0.2, -0.15) is 0 Å². The lowest BCUT2D eigenvalue weighted by atomic mass is 9.94. The van der Waals surface area contributed by atoms with Crippen LogP contribution in [0, 0.1) is 20.8 Å². The Morgan fingerprint density at radius 3 is 2.38 bits per heavy atom. The van der Waals surface area contributed by atoms with Crippen LogP contribution in [-0.2, 0) is 4.79 Å². The summed E-state index contributed by atoms with van der Waals surface area (Å²) >= 11 is 0. The van der Waals surface area contributed by atoms with Gasteiger partial charge in [0.05, 0.1) is 13.1 Å². The normalized spacial score (nSPS) is 14.4. The Balaban J connectivity index is 1.75. The number of carbonyl (C=O) groups excluding carboxylic acids is 1. The third-order valence-corrected chi connectivity index (χ3v) is 4.62. The zero-order valence-electron chi connectivity index (χ0n) is 14.9. The van der Waals surface area contributed by atoms with Crippen molar-refractivity contribution in [3.8, 4) is 16.9 Å². The maximum absolute atomic E-state index is 11.6. The first kappa shape index (κ1) is 16.6. The first-order valence-electron chi connectivity index (χ1n) is 8.60. The molecule has 0 N–H and O–H groups in total. The van der Waals surface area contributed by atoms with Crippen LogP contribution in [0.2, 0.25) is 0 Å². The number of likely N-dealkylation sites (tertiary alicyclic amines) is 1. The second-order valence-electron chi connectivity index (χ2n) is 6.69. The van der Waals surface area contributed by atoms with Crippen LogP contribution in [0.25, 0.3) is 11.1 Å². The molecule has 0 atom stereocenters. The lowest BCUT2D eigenvalue weighted by Crippen LogP contribution is -2.56. The average molecular weight is 323 g/mol. The monoisotopic (exact) mass is 323 g/mol. The minimum Gasteiger partial charge on any atom is -0.487 e. The average Bonchev–Trinajstić information content (AvgIpc) is 2.49. The highest BCUT2D eigenvalue weighted by molar-refractivity contribution is 5.76. The van der Waals surface area contributed by atoms with Crippen LogP contribution >= 0.6 is 0 Å². The summed E-state index contributed by atoms with van der Waals surface area (Å²) in [6.07, 6.45) is 0.681. The van der Waals surface area contributed by atoms with E-state index in [1.807, 2.05) is 11.8 Å². The second kappa shape index (κ2) is 6.68. The third-order valence-electron chi connectivity index (χ3n) is 4.62. The number of ether oxygens (including phenoxy) is 1. The molecule has 1 heterocycles. The van der Waals surface area contributed by atoms with E-state index in [4.69, 9.17) is 4.74 Å². The topological polar surface area (TPSA) is 29.5 Å². The van der Waals surface area contributed by atoms with E-state index in [9.17, 15) is 4.79 Å². The van der Waals surface area contributed by atoms with Gasteiger partial charge in [0.1, 0.15) is 11.9 Å². The Morgan fingerprint density at radius 2 is 1.79 bits per heavy atom. The molecule has 2 aromatic rings. The maximum Gasteiger partial charge on any atom is 0.222 e. The second-order valence-corrected chi connectivity index (χ2v) is 6.69. The van der Waals surface area contributed by atoms with Gasteiger partial charge in [0.25, 0.3) is 0 Å². The Labute approximate surface area is 144 Å². The molecule has 1 aliphatic rings. The fourth-order valence-electron chi connectivity index (χ4n) is 3.38. The van der Waals surface area contributed by atoms with Crippen molar-refractivity contribution < 1.29 is 9.53 Å². The van der Waals surface area contributed by atoms with Gasteiger partial charge in [-0.1, -0.05) is 36.8 Å². The van der Waals surface area contributed by atoms with E-state index in [0.717, 1.165) is 5.75 Å². The van der Waals surface area contributed by atoms with Gasteiger partial charge in [0.2, 0.25) is 5.91 Å². The van der Waals surface area contributed by atoms with Crippen molar-refractivity contribution >= 4 is 5.91 Å². The molecule has 3 heteroatoms. The van der Waals surface area contributed by atoms with Crippen molar-refractivity contribution in [2.24, 2.45) is 0 Å². The fourth-order valence-corrected chi connectivity index (χ4v) is 3.38. The van der Waals surface area contributed by atoms with Gasteiger partial charge in [0.15, 0.2) is 0 Å². The van der Waals surface area contributed by atoms with Gasteiger partial charge in [-0.3, -0.25) is 4.79 Å². The highest BCUT2D eigenvalue weighted by Gasteiger charge is 2.31. The van der Waals surface area contributed by atoms with E-state index in [1.54, 1.807) is 0 Å². The maximum atomic E-state index is 11.6. The Bertz CT molecular complexity index is 737. The third kappa shape index (κ3) is 3.30. The highest BCUT2D eigenvalue weighted by atomic mass is 16.5. The molecule has 1 saturated heterocycles. The Hall–Kier alpha value is -2.29. The standard InChI is InChI=1S/C21H25NO2/c1-5-20(23)22-12-19(13-22)24-18-10-15(3)21(16(4)11-18)17-8-6-7-14(2)9-17/h6-11,19H,5,12-13H2,1-4H3. The van der Waals surface area contributed by atoms with Crippen LogP contribution < -0.4 is 4.74 Å². The van der Waals surface area contributed by atoms with Crippen LogP contribution in [0.4, 0.5) is 0 Å². The molecule has 0 radical (unpaired) electrons. The Morgan fingerprint density at radius 1 is 1.12 bits per heavy atom. The molecule has 0 aliphatic carbocycles. The SMILES string of the molecule is CCC(=O)N1CC(Oc2cc(C)c(-c3cccc(C)c3)c(C)c2)C1. The van der Waals surface area contributed by atoms with Crippen LogP contribution in [0.3, 0.4) is 0 Å². The first-order valence-corrected chi connectivity index (χ1v) is 8.60. The van der Waals surface area contributed by atoms with Crippen LogP contribution in [0.1, 0.15) is 30.0 Å². The lowest BCUT2D eigenvalue weighted by Gasteiger charge is -2.39. The molecule has 126 valence electrons. The summed E-state index contributed by atoms with van der Waals surface area (Å²) in [6.45, 7) is 9.67. The quantitative estimate of drug-likeness (QED) is 0.840. The van der Waals surface area contributed by atoms with Crippen molar-refractivity contribution in [2.45, 2.75) is 40.2 Å². The summed E-state index contributed by atoms with van der Waals surface area (Å²) in [4.78, 5) is 13.5. The number of rotatable bonds is 4. The smallest absolute Gasteiger partial charge is 0.222 e. The molecule has 24 heavy (non-hydrogen) atoms. The van der Waals surface area contributed by atoms with E-state index < -0.39 is 0 Å². The van der Waals surface area contributed by atoms with Gasteiger partial charge in [-0.05, 0) is 55.2 Å². The van der Waals surface area contributed by atoms with Gasteiger partial charge in [-0.15, -0.1) is 0 Å². The molecule has 0 unspecified atom stereocenters. The molecule has 0 saturated carbocycles. The molecule has 2 aromatic carbocycles. The molecule has 1 amide bonds. The molecule has 0 bridgehead atoms.